The largest absolute Gasteiger partial charge is 0.481 e. The van der Waals surface area contributed by atoms with Gasteiger partial charge in [0.1, 0.15) is 0 Å². The third kappa shape index (κ3) is 6.23. The van der Waals surface area contributed by atoms with Gasteiger partial charge in [-0.25, -0.2) is 9.98 Å². The van der Waals surface area contributed by atoms with Crippen molar-refractivity contribution in [3.05, 3.63) is 59.3 Å². The fourth-order valence-corrected chi connectivity index (χ4v) is 2.75. The molecule has 0 bridgehead atoms. The number of ether oxygens (including phenoxy) is 1. The first kappa shape index (κ1) is 21.7. The van der Waals surface area contributed by atoms with Crippen LogP contribution in [0.15, 0.2) is 47.6 Å². The number of benzene rings is 1. The summed E-state index contributed by atoms with van der Waals surface area (Å²) < 4.78 is 5.27. The van der Waals surface area contributed by atoms with E-state index in [0.29, 0.717) is 24.9 Å². The van der Waals surface area contributed by atoms with Gasteiger partial charge in [-0.3, -0.25) is 0 Å². The zero-order valence-corrected chi connectivity index (χ0v) is 17.5. The van der Waals surface area contributed by atoms with E-state index in [1.807, 2.05) is 31.2 Å². The molecule has 0 saturated heterocycles. The van der Waals surface area contributed by atoms with Crippen LogP contribution in [0, 0.1) is 0 Å². The molecule has 6 nitrogen and oxygen atoms in total. The molecule has 1 heterocycles. The van der Waals surface area contributed by atoms with Crippen LogP contribution in [0.25, 0.3) is 0 Å². The Morgan fingerprint density at radius 3 is 2.50 bits per heavy atom. The maximum atomic E-state index is 10.5. The monoisotopic (exact) mass is 384 g/mol. The number of aliphatic hydroxyl groups excluding tert-OH is 1. The zero-order valence-electron chi connectivity index (χ0n) is 17.5. The first-order chi connectivity index (χ1) is 13.3. The summed E-state index contributed by atoms with van der Waals surface area (Å²) in [5.74, 6) is 1.21. The van der Waals surface area contributed by atoms with Gasteiger partial charge >= 0.3 is 0 Å². The zero-order chi connectivity index (χ0) is 20.6. The van der Waals surface area contributed by atoms with Crippen LogP contribution >= 0.6 is 0 Å². The molecule has 3 N–H and O–H groups in total. The van der Waals surface area contributed by atoms with Gasteiger partial charge in [-0.2, -0.15) is 0 Å². The van der Waals surface area contributed by atoms with E-state index in [1.165, 1.54) is 5.56 Å². The molecule has 0 amide bonds. The molecular formula is C22H32N4O2. The summed E-state index contributed by atoms with van der Waals surface area (Å²) in [6, 6.07) is 11.9. The van der Waals surface area contributed by atoms with Gasteiger partial charge in [0.05, 0.1) is 19.8 Å². The third-order valence-electron chi connectivity index (χ3n) is 4.42. The van der Waals surface area contributed by atoms with Crippen molar-refractivity contribution < 1.29 is 9.84 Å². The average Bonchev–Trinajstić information content (AvgIpc) is 2.69. The van der Waals surface area contributed by atoms with Crippen molar-refractivity contribution in [3.63, 3.8) is 0 Å². The van der Waals surface area contributed by atoms with Gasteiger partial charge in [0.25, 0.3) is 0 Å². The minimum Gasteiger partial charge on any atom is -0.481 e. The molecule has 1 aromatic carbocycles. The van der Waals surface area contributed by atoms with Crippen molar-refractivity contribution in [3.8, 4) is 5.88 Å². The van der Waals surface area contributed by atoms with Gasteiger partial charge in [-0.05, 0) is 29.5 Å². The number of nitrogens with one attached hydrogen (secondary N) is 2. The van der Waals surface area contributed by atoms with Gasteiger partial charge in [0.2, 0.25) is 5.88 Å². The molecular weight excluding hydrogens is 352 g/mol. The molecule has 1 unspecified atom stereocenters. The van der Waals surface area contributed by atoms with Crippen LogP contribution in [0.3, 0.4) is 0 Å². The van der Waals surface area contributed by atoms with Crippen LogP contribution in [-0.4, -0.2) is 36.2 Å². The number of nitrogens with zero attached hydrogens (tertiary/aromatic N) is 2. The maximum absolute atomic E-state index is 10.5. The summed E-state index contributed by atoms with van der Waals surface area (Å²) in [5, 5.41) is 16.9. The molecule has 28 heavy (non-hydrogen) atoms. The summed E-state index contributed by atoms with van der Waals surface area (Å²) >= 11 is 0. The summed E-state index contributed by atoms with van der Waals surface area (Å²) in [5.41, 5.74) is 3.13. The number of methoxy groups -OCH3 is 1. The van der Waals surface area contributed by atoms with Gasteiger partial charge in [-0.1, -0.05) is 51.1 Å². The molecule has 0 aliphatic carbocycles. The Morgan fingerprint density at radius 2 is 1.89 bits per heavy atom. The Morgan fingerprint density at radius 1 is 1.18 bits per heavy atom. The Kier molecular flexibility index (Phi) is 7.81. The van der Waals surface area contributed by atoms with E-state index in [4.69, 9.17) is 4.74 Å². The average molecular weight is 385 g/mol. The lowest BCUT2D eigenvalue weighted by Crippen LogP contribution is -2.39. The molecule has 0 aliphatic heterocycles. The number of hydrogen-bond donors (Lipinski definition) is 3. The van der Waals surface area contributed by atoms with Crippen LogP contribution in [0.1, 0.15) is 50.5 Å². The lowest BCUT2D eigenvalue weighted by molar-refractivity contribution is 0.181. The molecule has 0 spiro atoms. The highest BCUT2D eigenvalue weighted by Gasteiger charge is 2.15. The van der Waals surface area contributed by atoms with E-state index in [-0.39, 0.29) is 5.41 Å². The normalized spacial score (nSPS) is 13.1. The minimum atomic E-state index is -0.620. The second kappa shape index (κ2) is 10.1. The molecule has 152 valence electrons. The molecule has 6 heteroatoms. The number of aromatic nitrogens is 1. The SMILES string of the molecule is CCNC(=NCc1cccnc1OC)NCC(O)c1ccc(C(C)(C)C)cc1. The lowest BCUT2D eigenvalue weighted by Gasteiger charge is -2.20. The van der Waals surface area contributed by atoms with E-state index < -0.39 is 6.10 Å². The van der Waals surface area contributed by atoms with E-state index in [9.17, 15) is 5.11 Å². The molecule has 2 aromatic rings. The predicted molar refractivity (Wildman–Crippen MR) is 114 cm³/mol. The van der Waals surface area contributed by atoms with E-state index >= 15 is 0 Å². The number of pyridine rings is 1. The minimum absolute atomic E-state index is 0.0972. The van der Waals surface area contributed by atoms with E-state index in [2.05, 4.69) is 53.5 Å². The van der Waals surface area contributed by atoms with Crippen LogP contribution in [-0.2, 0) is 12.0 Å². The Hall–Kier alpha value is -2.60. The number of rotatable bonds is 7. The van der Waals surface area contributed by atoms with Gasteiger partial charge in [0.15, 0.2) is 5.96 Å². The smallest absolute Gasteiger partial charge is 0.218 e. The lowest BCUT2D eigenvalue weighted by atomic mass is 9.86. The highest BCUT2D eigenvalue weighted by molar-refractivity contribution is 5.79. The predicted octanol–water partition coefficient (Wildman–Crippen LogP) is 3.18. The molecule has 0 saturated carbocycles. The fourth-order valence-electron chi connectivity index (χ4n) is 2.75. The Bertz CT molecular complexity index is 767. The summed E-state index contributed by atoms with van der Waals surface area (Å²) in [4.78, 5) is 8.75. The second-order valence-electron chi connectivity index (χ2n) is 7.64. The van der Waals surface area contributed by atoms with E-state index in [0.717, 1.165) is 17.7 Å². The molecule has 0 aliphatic rings. The topological polar surface area (TPSA) is 78.8 Å². The second-order valence-corrected chi connectivity index (χ2v) is 7.64. The van der Waals surface area contributed by atoms with E-state index in [1.54, 1.807) is 13.3 Å². The molecule has 1 atom stereocenters. The van der Waals surface area contributed by atoms with Crippen molar-refractivity contribution in [1.82, 2.24) is 15.6 Å². The van der Waals surface area contributed by atoms with Crippen molar-refractivity contribution in [2.75, 3.05) is 20.2 Å². The summed E-state index contributed by atoms with van der Waals surface area (Å²) in [7, 11) is 1.60. The first-order valence-corrected chi connectivity index (χ1v) is 9.63. The fraction of sp³-hybridized carbons (Fsp3) is 0.455. The third-order valence-corrected chi connectivity index (χ3v) is 4.42. The van der Waals surface area contributed by atoms with Crippen LogP contribution in [0.2, 0.25) is 0 Å². The number of guanidine groups is 1. The molecule has 0 radical (unpaired) electrons. The van der Waals surface area contributed by atoms with Crippen LogP contribution in [0.5, 0.6) is 5.88 Å². The van der Waals surface area contributed by atoms with Gasteiger partial charge in [-0.15, -0.1) is 0 Å². The standard InChI is InChI=1S/C22H32N4O2/c1-6-23-21(25-14-17-8-7-13-24-20(17)28-5)26-15-19(27)16-9-11-18(12-10-16)22(2,3)4/h7-13,19,27H,6,14-15H2,1-5H3,(H2,23,25,26). The summed E-state index contributed by atoms with van der Waals surface area (Å²) in [6.07, 6.45) is 1.07. The van der Waals surface area contributed by atoms with Crippen LogP contribution < -0.4 is 15.4 Å². The quantitative estimate of drug-likeness (QED) is 0.505. The molecule has 2 rings (SSSR count). The first-order valence-electron chi connectivity index (χ1n) is 9.63. The molecule has 0 fully saturated rings. The van der Waals surface area contributed by atoms with Gasteiger partial charge < -0.3 is 20.5 Å². The molecule has 1 aromatic heterocycles. The van der Waals surface area contributed by atoms with Crippen molar-refractivity contribution in [2.45, 2.75) is 45.8 Å². The van der Waals surface area contributed by atoms with Crippen molar-refractivity contribution in [1.29, 1.82) is 0 Å². The van der Waals surface area contributed by atoms with Gasteiger partial charge in [0, 0.05) is 24.8 Å². The number of hydrogen-bond acceptors (Lipinski definition) is 4. The number of aliphatic imine (C=N–C) groups is 1. The van der Waals surface area contributed by atoms with Crippen molar-refractivity contribution >= 4 is 5.96 Å². The van der Waals surface area contributed by atoms with Crippen LogP contribution in [0.4, 0.5) is 0 Å². The Balaban J connectivity index is 2.00. The highest BCUT2D eigenvalue weighted by atomic mass is 16.5. The Labute approximate surface area is 168 Å². The number of aliphatic hydroxyl groups is 1. The maximum Gasteiger partial charge on any atom is 0.218 e. The highest BCUT2D eigenvalue weighted by Crippen LogP contribution is 2.23. The van der Waals surface area contributed by atoms with Crippen molar-refractivity contribution in [2.24, 2.45) is 4.99 Å². The summed E-state index contributed by atoms with van der Waals surface area (Å²) in [6.45, 7) is 10.1.